The van der Waals surface area contributed by atoms with Gasteiger partial charge in [-0.2, -0.15) is 0 Å². The Morgan fingerprint density at radius 3 is 2.40 bits per heavy atom. The first-order chi connectivity index (χ1) is 19.1. The first kappa shape index (κ1) is 30.7. The Labute approximate surface area is 243 Å². The zero-order valence-electron chi connectivity index (χ0n) is 24.3. The van der Waals surface area contributed by atoms with Crippen LogP contribution in [0.25, 0.3) is 0 Å². The average molecular weight is 559 g/mol. The summed E-state index contributed by atoms with van der Waals surface area (Å²) in [4.78, 5) is 27.7. The number of ether oxygens (including phenoxy) is 1. The van der Waals surface area contributed by atoms with Gasteiger partial charge in [-0.25, -0.2) is 0 Å². The average Bonchev–Trinajstić information content (AvgIpc) is 3.13. The SMILES string of the molecule is CC.Cc1cc(Cl)ccc1OCC(=O)N1C/C(=C/C=C/C(=O)c2ccc(C(C)(C)C)cc2)NCc2ccccc21. The minimum Gasteiger partial charge on any atom is -0.483 e. The molecule has 3 aromatic carbocycles. The lowest BCUT2D eigenvalue weighted by molar-refractivity contribution is -0.120. The number of rotatable bonds is 6. The standard InChI is InChI=1S/C32H33ClN2O3.C2H6/c1-22-18-26(33)16-17-30(22)38-21-31(37)35-20-27(34-19-24-8-5-6-10-28(24)35)9-7-11-29(36)23-12-14-25(15-13-23)32(2,3)4;1-2/h5-18,34H,19-21H2,1-4H3;1-2H3/b11-7+,27-9-;. The van der Waals surface area contributed by atoms with Crippen molar-refractivity contribution < 1.29 is 14.3 Å². The van der Waals surface area contributed by atoms with Crippen LogP contribution < -0.4 is 15.0 Å². The number of halogens is 1. The molecule has 0 spiro atoms. The van der Waals surface area contributed by atoms with Crippen molar-refractivity contribution in [1.82, 2.24) is 5.32 Å². The molecule has 1 aliphatic rings. The number of ketones is 1. The number of nitrogens with one attached hydrogen (secondary N) is 1. The van der Waals surface area contributed by atoms with Gasteiger partial charge in [-0.15, -0.1) is 0 Å². The molecule has 0 unspecified atom stereocenters. The molecule has 3 aromatic rings. The summed E-state index contributed by atoms with van der Waals surface area (Å²) in [6.07, 6.45) is 5.13. The fraction of sp³-hybridized carbons (Fsp3) is 0.294. The first-order valence-corrected chi connectivity index (χ1v) is 14.0. The van der Waals surface area contributed by atoms with Crippen LogP contribution in [0.4, 0.5) is 5.69 Å². The number of amides is 1. The molecular formula is C34H39ClN2O3. The lowest BCUT2D eigenvalue weighted by Gasteiger charge is -2.23. The van der Waals surface area contributed by atoms with Crippen molar-refractivity contribution in [2.24, 2.45) is 0 Å². The van der Waals surface area contributed by atoms with E-state index in [0.717, 1.165) is 22.5 Å². The molecular weight excluding hydrogens is 520 g/mol. The van der Waals surface area contributed by atoms with Crippen LogP contribution in [0.1, 0.15) is 61.7 Å². The molecule has 0 atom stereocenters. The molecule has 0 saturated carbocycles. The van der Waals surface area contributed by atoms with Gasteiger partial charge in [0.25, 0.3) is 5.91 Å². The van der Waals surface area contributed by atoms with Crippen LogP contribution in [-0.4, -0.2) is 24.8 Å². The van der Waals surface area contributed by atoms with Crippen LogP contribution in [0, 0.1) is 6.92 Å². The van der Waals surface area contributed by atoms with E-state index in [1.54, 1.807) is 35.3 Å². The van der Waals surface area contributed by atoms with E-state index in [4.69, 9.17) is 16.3 Å². The summed E-state index contributed by atoms with van der Waals surface area (Å²) in [6, 6.07) is 20.9. The summed E-state index contributed by atoms with van der Waals surface area (Å²) < 4.78 is 5.84. The molecule has 1 N–H and O–H groups in total. The molecule has 4 rings (SSSR count). The lowest BCUT2D eigenvalue weighted by Crippen LogP contribution is -2.37. The third-order valence-electron chi connectivity index (χ3n) is 6.49. The van der Waals surface area contributed by atoms with Gasteiger partial charge in [0.1, 0.15) is 5.75 Å². The van der Waals surface area contributed by atoms with Crippen molar-refractivity contribution in [2.75, 3.05) is 18.1 Å². The van der Waals surface area contributed by atoms with Gasteiger partial charge in [0.15, 0.2) is 12.4 Å². The molecule has 0 saturated heterocycles. The summed E-state index contributed by atoms with van der Waals surface area (Å²) in [5, 5.41) is 4.02. The Morgan fingerprint density at radius 2 is 1.73 bits per heavy atom. The number of carbonyl (C=O) groups is 2. The van der Waals surface area contributed by atoms with Crippen LogP contribution in [-0.2, 0) is 16.8 Å². The highest BCUT2D eigenvalue weighted by atomic mass is 35.5. The molecule has 40 heavy (non-hydrogen) atoms. The highest BCUT2D eigenvalue weighted by Gasteiger charge is 2.23. The quantitative estimate of drug-likeness (QED) is 0.247. The van der Waals surface area contributed by atoms with Gasteiger partial charge in [-0.1, -0.05) is 94.8 Å². The number of nitrogens with zero attached hydrogens (tertiary/aromatic N) is 1. The van der Waals surface area contributed by atoms with E-state index in [1.165, 1.54) is 5.56 Å². The van der Waals surface area contributed by atoms with E-state index in [0.29, 0.717) is 29.4 Å². The molecule has 1 amide bonds. The van der Waals surface area contributed by atoms with Crippen LogP contribution in [0.3, 0.4) is 0 Å². The number of anilines is 1. The second kappa shape index (κ2) is 14.0. The highest BCUT2D eigenvalue weighted by Crippen LogP contribution is 2.26. The smallest absolute Gasteiger partial charge is 0.265 e. The number of hydrogen-bond donors (Lipinski definition) is 1. The van der Waals surface area contributed by atoms with E-state index in [1.807, 2.05) is 75.4 Å². The van der Waals surface area contributed by atoms with E-state index < -0.39 is 0 Å². The van der Waals surface area contributed by atoms with Gasteiger partial charge in [0.05, 0.1) is 6.54 Å². The first-order valence-electron chi connectivity index (χ1n) is 13.6. The Morgan fingerprint density at radius 1 is 1.02 bits per heavy atom. The Bertz CT molecular complexity index is 1390. The second-order valence-corrected chi connectivity index (χ2v) is 10.8. The summed E-state index contributed by atoms with van der Waals surface area (Å²) in [5.74, 6) is 0.385. The molecule has 6 heteroatoms. The molecule has 1 heterocycles. The van der Waals surface area contributed by atoms with E-state index in [9.17, 15) is 9.59 Å². The number of hydrogen-bond acceptors (Lipinski definition) is 4. The van der Waals surface area contributed by atoms with Gasteiger partial charge < -0.3 is 15.0 Å². The maximum Gasteiger partial charge on any atom is 0.265 e. The number of benzene rings is 3. The van der Waals surface area contributed by atoms with Crippen molar-refractivity contribution in [1.29, 1.82) is 0 Å². The van der Waals surface area contributed by atoms with Crippen molar-refractivity contribution in [3.63, 3.8) is 0 Å². The third-order valence-corrected chi connectivity index (χ3v) is 6.72. The predicted octanol–water partition coefficient (Wildman–Crippen LogP) is 7.81. The fourth-order valence-corrected chi connectivity index (χ4v) is 4.48. The molecule has 1 aliphatic heterocycles. The van der Waals surface area contributed by atoms with Gasteiger partial charge in [-0.05, 0) is 65.4 Å². The van der Waals surface area contributed by atoms with E-state index >= 15 is 0 Å². The Kier molecular flexibility index (Phi) is 10.7. The van der Waals surface area contributed by atoms with Crippen LogP contribution >= 0.6 is 11.6 Å². The molecule has 0 aliphatic carbocycles. The molecule has 0 bridgehead atoms. The summed E-state index contributed by atoms with van der Waals surface area (Å²) in [7, 11) is 0. The zero-order valence-corrected chi connectivity index (χ0v) is 25.0. The third kappa shape index (κ3) is 8.09. The van der Waals surface area contributed by atoms with Gasteiger partial charge in [-0.3, -0.25) is 9.59 Å². The van der Waals surface area contributed by atoms with Crippen LogP contribution in [0.5, 0.6) is 5.75 Å². The van der Waals surface area contributed by atoms with E-state index in [2.05, 4.69) is 26.1 Å². The Balaban J connectivity index is 0.00000216. The monoisotopic (exact) mass is 558 g/mol. The number of carbonyl (C=O) groups excluding carboxylic acids is 2. The molecule has 0 aromatic heterocycles. The largest absolute Gasteiger partial charge is 0.483 e. The van der Waals surface area contributed by atoms with Crippen LogP contribution in [0.15, 0.2) is 90.7 Å². The number of allylic oxidation sites excluding steroid dienone is 3. The van der Waals surface area contributed by atoms with E-state index in [-0.39, 0.29) is 23.7 Å². The van der Waals surface area contributed by atoms with Crippen LogP contribution in [0.2, 0.25) is 5.02 Å². The molecule has 0 fully saturated rings. The maximum atomic E-state index is 13.3. The number of para-hydroxylation sites is 1. The maximum absolute atomic E-state index is 13.3. The number of aryl methyl sites for hydroxylation is 1. The lowest BCUT2D eigenvalue weighted by atomic mass is 9.86. The molecule has 5 nitrogen and oxygen atoms in total. The van der Waals surface area contributed by atoms with Gasteiger partial charge >= 0.3 is 0 Å². The van der Waals surface area contributed by atoms with Gasteiger partial charge in [0, 0.05) is 28.5 Å². The van der Waals surface area contributed by atoms with Crippen molar-refractivity contribution in [3.05, 3.63) is 118 Å². The summed E-state index contributed by atoms with van der Waals surface area (Å²) >= 11 is 6.04. The molecule has 210 valence electrons. The number of fused-ring (bicyclic) bond motifs is 1. The predicted molar refractivity (Wildman–Crippen MR) is 165 cm³/mol. The summed E-state index contributed by atoms with van der Waals surface area (Å²) in [6.45, 7) is 13.1. The van der Waals surface area contributed by atoms with Crippen molar-refractivity contribution in [2.45, 2.75) is 53.5 Å². The van der Waals surface area contributed by atoms with Crippen molar-refractivity contribution >= 4 is 29.0 Å². The summed E-state index contributed by atoms with van der Waals surface area (Å²) in [5.41, 5.74) is 5.39. The normalized spacial score (nSPS) is 14.1. The van der Waals surface area contributed by atoms with Crippen molar-refractivity contribution in [3.8, 4) is 5.75 Å². The minimum atomic E-state index is -0.166. The van der Waals surface area contributed by atoms with Gasteiger partial charge in [0.2, 0.25) is 0 Å². The zero-order chi connectivity index (χ0) is 29.3. The topological polar surface area (TPSA) is 58.6 Å². The molecule has 0 radical (unpaired) electrons. The highest BCUT2D eigenvalue weighted by molar-refractivity contribution is 6.30. The fourth-order valence-electron chi connectivity index (χ4n) is 4.25. The minimum absolute atomic E-state index is 0.0343. The second-order valence-electron chi connectivity index (χ2n) is 10.4. The Hall–Kier alpha value is -3.83.